The number of nitrogens with two attached hydrogens (primary N) is 1. The SMILES string of the molecule is CC(Oc1ccc(CNC(C)(C)C)cc1Br)C(N)=O. The molecule has 106 valence electrons. The number of amides is 1. The van der Waals surface area contributed by atoms with Gasteiger partial charge in [0.1, 0.15) is 5.75 Å². The van der Waals surface area contributed by atoms with Crippen LogP contribution in [-0.2, 0) is 11.3 Å². The van der Waals surface area contributed by atoms with E-state index in [0.29, 0.717) is 5.75 Å². The lowest BCUT2D eigenvalue weighted by molar-refractivity contribution is -0.124. The second-order valence-electron chi connectivity index (χ2n) is 5.53. The second-order valence-corrected chi connectivity index (χ2v) is 6.39. The van der Waals surface area contributed by atoms with Crippen molar-refractivity contribution < 1.29 is 9.53 Å². The summed E-state index contributed by atoms with van der Waals surface area (Å²) in [5, 5.41) is 3.41. The average molecular weight is 329 g/mol. The second kappa shape index (κ2) is 6.39. The summed E-state index contributed by atoms with van der Waals surface area (Å²) in [7, 11) is 0. The van der Waals surface area contributed by atoms with Gasteiger partial charge in [-0.2, -0.15) is 0 Å². The van der Waals surface area contributed by atoms with Crippen molar-refractivity contribution in [2.45, 2.75) is 45.9 Å². The van der Waals surface area contributed by atoms with E-state index in [1.807, 2.05) is 18.2 Å². The smallest absolute Gasteiger partial charge is 0.258 e. The number of carbonyl (C=O) groups excluding carboxylic acids is 1. The van der Waals surface area contributed by atoms with E-state index in [1.54, 1.807) is 6.92 Å². The summed E-state index contributed by atoms with van der Waals surface area (Å²) in [5.74, 6) is 0.135. The van der Waals surface area contributed by atoms with Crippen molar-refractivity contribution in [2.24, 2.45) is 5.73 Å². The number of ether oxygens (including phenoxy) is 1. The van der Waals surface area contributed by atoms with Gasteiger partial charge >= 0.3 is 0 Å². The van der Waals surface area contributed by atoms with E-state index >= 15 is 0 Å². The molecule has 1 aromatic carbocycles. The van der Waals surface area contributed by atoms with Crippen molar-refractivity contribution in [3.63, 3.8) is 0 Å². The molecule has 1 aromatic rings. The summed E-state index contributed by atoms with van der Waals surface area (Å²) in [6.07, 6.45) is -0.644. The number of nitrogens with one attached hydrogen (secondary N) is 1. The Kier molecular flexibility index (Phi) is 5.38. The molecule has 0 aliphatic heterocycles. The molecule has 0 saturated carbocycles. The minimum absolute atomic E-state index is 0.0716. The Labute approximate surface area is 122 Å². The Morgan fingerprint density at radius 1 is 1.47 bits per heavy atom. The predicted molar refractivity (Wildman–Crippen MR) is 80.0 cm³/mol. The maximum Gasteiger partial charge on any atom is 0.258 e. The first-order valence-electron chi connectivity index (χ1n) is 6.18. The summed E-state index contributed by atoms with van der Waals surface area (Å²) >= 11 is 3.44. The van der Waals surface area contributed by atoms with Gasteiger partial charge in [0.05, 0.1) is 4.47 Å². The Balaban J connectivity index is 2.72. The van der Waals surface area contributed by atoms with E-state index in [0.717, 1.165) is 16.6 Å². The topological polar surface area (TPSA) is 64.3 Å². The summed E-state index contributed by atoms with van der Waals surface area (Å²) in [5.41, 5.74) is 6.38. The van der Waals surface area contributed by atoms with Crippen LogP contribution in [0.1, 0.15) is 33.3 Å². The lowest BCUT2D eigenvalue weighted by atomic mass is 10.1. The molecule has 0 radical (unpaired) electrons. The van der Waals surface area contributed by atoms with Gasteiger partial charge in [-0.1, -0.05) is 6.07 Å². The van der Waals surface area contributed by atoms with Gasteiger partial charge in [-0.15, -0.1) is 0 Å². The van der Waals surface area contributed by atoms with E-state index in [2.05, 4.69) is 42.0 Å². The van der Waals surface area contributed by atoms with Crippen LogP contribution in [-0.4, -0.2) is 17.6 Å². The van der Waals surface area contributed by atoms with Crippen molar-refractivity contribution in [3.8, 4) is 5.75 Å². The van der Waals surface area contributed by atoms with Gasteiger partial charge in [0, 0.05) is 12.1 Å². The number of hydrogen-bond donors (Lipinski definition) is 2. The third-order valence-electron chi connectivity index (χ3n) is 2.52. The van der Waals surface area contributed by atoms with Crippen LogP contribution in [0.3, 0.4) is 0 Å². The molecule has 1 unspecified atom stereocenters. The first-order valence-corrected chi connectivity index (χ1v) is 6.98. The van der Waals surface area contributed by atoms with Crippen LogP contribution in [0.25, 0.3) is 0 Å². The highest BCUT2D eigenvalue weighted by Gasteiger charge is 2.13. The third kappa shape index (κ3) is 5.61. The van der Waals surface area contributed by atoms with Crippen LogP contribution >= 0.6 is 15.9 Å². The number of halogens is 1. The van der Waals surface area contributed by atoms with E-state index < -0.39 is 12.0 Å². The van der Waals surface area contributed by atoms with E-state index in [-0.39, 0.29) is 5.54 Å². The normalized spacial score (nSPS) is 13.1. The van der Waals surface area contributed by atoms with Gasteiger partial charge < -0.3 is 15.8 Å². The Bertz CT molecular complexity index is 455. The maximum atomic E-state index is 11.0. The highest BCUT2D eigenvalue weighted by atomic mass is 79.9. The molecule has 0 aliphatic carbocycles. The first kappa shape index (κ1) is 16.0. The molecule has 0 aromatic heterocycles. The zero-order valence-corrected chi connectivity index (χ0v) is 13.4. The molecular formula is C14H21BrN2O2. The van der Waals surface area contributed by atoms with E-state index in [4.69, 9.17) is 10.5 Å². The minimum atomic E-state index is -0.644. The number of rotatable bonds is 5. The van der Waals surface area contributed by atoms with Crippen LogP contribution in [0.15, 0.2) is 22.7 Å². The highest BCUT2D eigenvalue weighted by Crippen LogP contribution is 2.27. The zero-order chi connectivity index (χ0) is 14.6. The van der Waals surface area contributed by atoms with Crippen molar-refractivity contribution >= 4 is 21.8 Å². The number of benzene rings is 1. The number of hydrogen-bond acceptors (Lipinski definition) is 3. The maximum absolute atomic E-state index is 11.0. The van der Waals surface area contributed by atoms with Crippen molar-refractivity contribution in [3.05, 3.63) is 28.2 Å². The molecule has 0 aliphatic rings. The molecule has 1 atom stereocenters. The van der Waals surface area contributed by atoms with Gasteiger partial charge in [-0.25, -0.2) is 0 Å². The number of primary amides is 1. The molecule has 1 rings (SSSR count). The molecule has 1 amide bonds. The Morgan fingerprint density at radius 2 is 2.11 bits per heavy atom. The molecule has 0 saturated heterocycles. The molecule has 3 N–H and O–H groups in total. The molecular weight excluding hydrogens is 308 g/mol. The molecule has 0 heterocycles. The van der Waals surface area contributed by atoms with Crippen molar-refractivity contribution in [1.29, 1.82) is 0 Å². The summed E-state index contributed by atoms with van der Waals surface area (Å²) in [4.78, 5) is 11.0. The van der Waals surface area contributed by atoms with Gasteiger partial charge in [0.25, 0.3) is 5.91 Å². The molecule has 4 nitrogen and oxygen atoms in total. The predicted octanol–water partition coefficient (Wildman–Crippen LogP) is 2.59. The van der Waals surface area contributed by atoms with Gasteiger partial charge in [0.2, 0.25) is 0 Å². The fourth-order valence-electron chi connectivity index (χ4n) is 1.37. The third-order valence-corrected chi connectivity index (χ3v) is 3.14. The van der Waals surface area contributed by atoms with Crippen LogP contribution in [0.2, 0.25) is 0 Å². The summed E-state index contributed by atoms with van der Waals surface area (Å²) in [6.45, 7) is 8.76. The van der Waals surface area contributed by atoms with Crippen LogP contribution < -0.4 is 15.8 Å². The average Bonchev–Trinajstić information content (AvgIpc) is 2.28. The largest absolute Gasteiger partial charge is 0.480 e. The standard InChI is InChI=1S/C14H21BrN2O2/c1-9(13(16)18)19-12-6-5-10(7-11(12)15)8-17-14(2,3)4/h5-7,9,17H,8H2,1-4H3,(H2,16,18). The summed E-state index contributed by atoms with van der Waals surface area (Å²) in [6, 6.07) is 5.78. The van der Waals surface area contributed by atoms with Crippen LogP contribution in [0.4, 0.5) is 0 Å². The van der Waals surface area contributed by atoms with Crippen LogP contribution in [0, 0.1) is 0 Å². The zero-order valence-electron chi connectivity index (χ0n) is 11.8. The Morgan fingerprint density at radius 3 is 2.58 bits per heavy atom. The molecule has 0 spiro atoms. The fraction of sp³-hybridized carbons (Fsp3) is 0.500. The van der Waals surface area contributed by atoms with Gasteiger partial charge in [0.15, 0.2) is 6.10 Å². The lowest BCUT2D eigenvalue weighted by Gasteiger charge is -2.21. The molecule has 0 bridgehead atoms. The highest BCUT2D eigenvalue weighted by molar-refractivity contribution is 9.10. The van der Waals surface area contributed by atoms with Crippen LogP contribution in [0.5, 0.6) is 5.75 Å². The van der Waals surface area contributed by atoms with Crippen molar-refractivity contribution in [2.75, 3.05) is 0 Å². The molecule has 0 fully saturated rings. The van der Waals surface area contributed by atoms with Gasteiger partial charge in [-0.05, 0) is 61.3 Å². The lowest BCUT2D eigenvalue weighted by Crippen LogP contribution is -2.35. The first-order chi connectivity index (χ1) is 8.69. The quantitative estimate of drug-likeness (QED) is 0.873. The Hall–Kier alpha value is -1.07. The molecule has 5 heteroatoms. The van der Waals surface area contributed by atoms with E-state index in [1.165, 1.54) is 0 Å². The monoisotopic (exact) mass is 328 g/mol. The molecule has 19 heavy (non-hydrogen) atoms. The van der Waals surface area contributed by atoms with Gasteiger partial charge in [-0.3, -0.25) is 4.79 Å². The van der Waals surface area contributed by atoms with E-state index in [9.17, 15) is 4.79 Å². The van der Waals surface area contributed by atoms with Crippen molar-refractivity contribution in [1.82, 2.24) is 5.32 Å². The minimum Gasteiger partial charge on any atom is -0.480 e. The number of carbonyl (C=O) groups is 1. The fourth-order valence-corrected chi connectivity index (χ4v) is 1.89. The summed E-state index contributed by atoms with van der Waals surface area (Å²) < 4.78 is 6.28.